The van der Waals surface area contributed by atoms with Crippen molar-refractivity contribution in [3.05, 3.63) is 29.3 Å². The number of piperidine rings is 1. The summed E-state index contributed by atoms with van der Waals surface area (Å²) in [5, 5.41) is 8.57. The Morgan fingerprint density at radius 3 is 2.20 bits per heavy atom. The second-order valence-electron chi connectivity index (χ2n) is 4.67. The topological polar surface area (TPSA) is 27.0 Å². The van der Waals surface area contributed by atoms with Crippen molar-refractivity contribution in [1.82, 2.24) is 0 Å². The molecule has 7 heteroatoms. The lowest BCUT2D eigenvalue weighted by atomic mass is 9.96. The van der Waals surface area contributed by atoms with Gasteiger partial charge < -0.3 is 4.90 Å². The van der Waals surface area contributed by atoms with E-state index in [1.165, 1.54) is 17.0 Å². The quantitative estimate of drug-likeness (QED) is 0.739. The molecule has 1 aliphatic rings. The average molecular weight is 290 g/mol. The van der Waals surface area contributed by atoms with E-state index >= 15 is 0 Å². The van der Waals surface area contributed by atoms with Gasteiger partial charge in [-0.05, 0) is 25.0 Å². The number of anilines is 1. The van der Waals surface area contributed by atoms with E-state index < -0.39 is 29.3 Å². The van der Waals surface area contributed by atoms with Gasteiger partial charge in [0.05, 0.1) is 17.2 Å². The fraction of sp³-hybridized carbons (Fsp3) is 0.462. The van der Waals surface area contributed by atoms with E-state index in [4.69, 9.17) is 5.26 Å². The fourth-order valence-corrected chi connectivity index (χ4v) is 2.32. The Morgan fingerprint density at radius 1 is 1.10 bits per heavy atom. The highest BCUT2D eigenvalue weighted by molar-refractivity contribution is 5.52. The lowest BCUT2D eigenvalue weighted by molar-refractivity contribution is -0.179. The van der Waals surface area contributed by atoms with Crippen LogP contribution in [0.25, 0.3) is 0 Å². The largest absolute Gasteiger partial charge is 0.391 e. The van der Waals surface area contributed by atoms with Crippen molar-refractivity contribution in [2.75, 3.05) is 18.0 Å². The molecule has 0 atom stereocenters. The van der Waals surface area contributed by atoms with Crippen LogP contribution in [0.2, 0.25) is 0 Å². The molecule has 0 bridgehead atoms. The Bertz CT molecular complexity index is 539. The van der Waals surface area contributed by atoms with Crippen LogP contribution < -0.4 is 4.90 Å². The fourth-order valence-electron chi connectivity index (χ4n) is 2.32. The smallest absolute Gasteiger partial charge is 0.369 e. The SMILES string of the molecule is N#Cc1ccc(N2CCC(C(F)(F)F)CC2)c(F)c1F. The number of hydrogen-bond donors (Lipinski definition) is 0. The molecular formula is C13H11F5N2. The molecule has 2 nitrogen and oxygen atoms in total. The van der Waals surface area contributed by atoms with Crippen molar-refractivity contribution < 1.29 is 22.0 Å². The molecule has 0 radical (unpaired) electrons. The predicted molar refractivity (Wildman–Crippen MR) is 62.1 cm³/mol. The monoisotopic (exact) mass is 290 g/mol. The molecule has 0 aliphatic carbocycles. The first-order valence-corrected chi connectivity index (χ1v) is 6.04. The zero-order chi connectivity index (χ0) is 14.9. The number of nitriles is 1. The first-order valence-electron chi connectivity index (χ1n) is 6.04. The van der Waals surface area contributed by atoms with Crippen molar-refractivity contribution in [3.8, 4) is 6.07 Å². The number of hydrogen-bond acceptors (Lipinski definition) is 2. The van der Waals surface area contributed by atoms with Crippen molar-refractivity contribution in [1.29, 1.82) is 5.26 Å². The Labute approximate surface area is 112 Å². The maximum absolute atomic E-state index is 13.8. The standard InChI is InChI=1S/C13H11F5N2/c14-11-8(7-19)1-2-10(12(11)15)20-5-3-9(4-6-20)13(16,17)18/h1-2,9H,3-6H2. The Kier molecular flexibility index (Phi) is 3.84. The third-order valence-electron chi connectivity index (χ3n) is 3.48. The average Bonchev–Trinajstić information content (AvgIpc) is 2.41. The lowest BCUT2D eigenvalue weighted by Crippen LogP contribution is -2.39. The van der Waals surface area contributed by atoms with E-state index in [9.17, 15) is 22.0 Å². The number of benzene rings is 1. The van der Waals surface area contributed by atoms with Gasteiger partial charge in [-0.2, -0.15) is 18.4 Å². The maximum atomic E-state index is 13.8. The van der Waals surface area contributed by atoms with Crippen LogP contribution in [0.1, 0.15) is 18.4 Å². The van der Waals surface area contributed by atoms with Gasteiger partial charge in [0, 0.05) is 13.1 Å². The van der Waals surface area contributed by atoms with Crippen molar-refractivity contribution in [3.63, 3.8) is 0 Å². The molecule has 108 valence electrons. The first-order chi connectivity index (χ1) is 9.34. The summed E-state index contributed by atoms with van der Waals surface area (Å²) < 4.78 is 64.8. The summed E-state index contributed by atoms with van der Waals surface area (Å²) in [5.41, 5.74) is -0.515. The van der Waals surface area contributed by atoms with Gasteiger partial charge in [0.2, 0.25) is 0 Å². The summed E-state index contributed by atoms with van der Waals surface area (Å²) in [7, 11) is 0. The van der Waals surface area contributed by atoms with E-state index in [2.05, 4.69) is 0 Å². The second-order valence-corrected chi connectivity index (χ2v) is 4.67. The van der Waals surface area contributed by atoms with Gasteiger partial charge in [0.15, 0.2) is 11.6 Å². The number of halogens is 5. The van der Waals surface area contributed by atoms with Crippen LogP contribution in [0.4, 0.5) is 27.6 Å². The van der Waals surface area contributed by atoms with Crippen molar-refractivity contribution in [2.24, 2.45) is 5.92 Å². The molecule has 1 fully saturated rings. The molecule has 0 aromatic heterocycles. The first kappa shape index (κ1) is 14.6. The number of rotatable bonds is 1. The third-order valence-corrected chi connectivity index (χ3v) is 3.48. The molecule has 1 aromatic rings. The minimum Gasteiger partial charge on any atom is -0.369 e. The number of alkyl halides is 3. The van der Waals surface area contributed by atoms with Crippen LogP contribution in [0, 0.1) is 28.9 Å². The summed E-state index contributed by atoms with van der Waals surface area (Å²) in [6.45, 7) is 0.0128. The molecule has 1 aromatic carbocycles. The van der Waals surface area contributed by atoms with Gasteiger partial charge in [-0.15, -0.1) is 0 Å². The van der Waals surface area contributed by atoms with E-state index in [1.807, 2.05) is 0 Å². The normalized spacial score (nSPS) is 17.1. The second kappa shape index (κ2) is 5.27. The molecule has 1 heterocycles. The third kappa shape index (κ3) is 2.69. The molecule has 0 unspecified atom stereocenters. The van der Waals surface area contributed by atoms with Gasteiger partial charge in [-0.25, -0.2) is 8.78 Å². The zero-order valence-electron chi connectivity index (χ0n) is 10.3. The lowest BCUT2D eigenvalue weighted by Gasteiger charge is -2.34. The van der Waals surface area contributed by atoms with Crippen molar-refractivity contribution >= 4 is 5.69 Å². The van der Waals surface area contributed by atoms with Gasteiger partial charge >= 0.3 is 6.18 Å². The van der Waals surface area contributed by atoms with Crippen molar-refractivity contribution in [2.45, 2.75) is 19.0 Å². The van der Waals surface area contributed by atoms with Gasteiger partial charge in [0.25, 0.3) is 0 Å². The van der Waals surface area contributed by atoms with E-state index in [0.29, 0.717) is 0 Å². The van der Waals surface area contributed by atoms with E-state index in [-0.39, 0.29) is 31.6 Å². The van der Waals surface area contributed by atoms with Crippen LogP contribution >= 0.6 is 0 Å². The summed E-state index contributed by atoms with van der Waals surface area (Å²) in [6.07, 6.45) is -4.55. The van der Waals surface area contributed by atoms with E-state index in [1.54, 1.807) is 0 Å². The molecule has 0 saturated carbocycles. The summed E-state index contributed by atoms with van der Waals surface area (Å²) >= 11 is 0. The molecular weight excluding hydrogens is 279 g/mol. The summed E-state index contributed by atoms with van der Waals surface area (Å²) in [5.74, 6) is -3.84. The summed E-state index contributed by atoms with van der Waals surface area (Å²) in [4.78, 5) is 1.38. The minimum atomic E-state index is -4.25. The highest BCUT2D eigenvalue weighted by Crippen LogP contribution is 2.36. The number of nitrogens with zero attached hydrogens (tertiary/aromatic N) is 2. The van der Waals surface area contributed by atoms with E-state index in [0.717, 1.165) is 6.07 Å². The molecule has 0 N–H and O–H groups in total. The van der Waals surface area contributed by atoms with Gasteiger partial charge in [0.1, 0.15) is 6.07 Å². The van der Waals surface area contributed by atoms with Gasteiger partial charge in [-0.1, -0.05) is 0 Å². The predicted octanol–water partition coefficient (Wildman–Crippen LogP) is 3.62. The van der Waals surface area contributed by atoms with Crippen LogP contribution in [0.5, 0.6) is 0 Å². The van der Waals surface area contributed by atoms with Crippen LogP contribution in [-0.2, 0) is 0 Å². The van der Waals surface area contributed by atoms with Crippen LogP contribution in [-0.4, -0.2) is 19.3 Å². The van der Waals surface area contributed by atoms with Crippen LogP contribution in [0.15, 0.2) is 12.1 Å². The molecule has 0 amide bonds. The molecule has 2 rings (SSSR count). The minimum absolute atomic E-state index is 0.00639. The molecule has 1 aliphatic heterocycles. The van der Waals surface area contributed by atoms with Gasteiger partial charge in [-0.3, -0.25) is 0 Å². The Balaban J connectivity index is 2.16. The zero-order valence-corrected chi connectivity index (χ0v) is 10.3. The Hall–Kier alpha value is -1.84. The molecule has 0 spiro atoms. The Morgan fingerprint density at radius 2 is 1.70 bits per heavy atom. The highest BCUT2D eigenvalue weighted by atomic mass is 19.4. The van der Waals surface area contributed by atoms with Crippen LogP contribution in [0.3, 0.4) is 0 Å². The molecule has 20 heavy (non-hydrogen) atoms. The summed E-state index contributed by atoms with van der Waals surface area (Å²) in [6, 6.07) is 3.87. The molecule has 1 saturated heterocycles. The maximum Gasteiger partial charge on any atom is 0.391 e. The highest BCUT2D eigenvalue weighted by Gasteiger charge is 2.41.